The van der Waals surface area contributed by atoms with Crippen LogP contribution in [-0.2, 0) is 25.5 Å². The lowest BCUT2D eigenvalue weighted by Crippen LogP contribution is -2.26. The molecule has 0 fully saturated rings. The number of phenolic OH excluding ortho intramolecular Hbond substituents is 1. The highest BCUT2D eigenvalue weighted by molar-refractivity contribution is 6.23. The van der Waals surface area contributed by atoms with Crippen LogP contribution in [0.5, 0.6) is 5.75 Å². The number of nitrogens with one attached hydrogen (secondary N) is 1. The van der Waals surface area contributed by atoms with Crippen molar-refractivity contribution in [3.05, 3.63) is 81.8 Å². The van der Waals surface area contributed by atoms with Crippen molar-refractivity contribution in [2.24, 2.45) is 0 Å². The van der Waals surface area contributed by atoms with Gasteiger partial charge in [-0.25, -0.2) is 4.79 Å². The van der Waals surface area contributed by atoms with Gasteiger partial charge in [0.15, 0.2) is 0 Å². The number of aromatic hydroxyl groups is 1. The smallest absolute Gasteiger partial charge is 0.335 e. The molecule has 1 amide bonds. The molecule has 0 radical (unpaired) electrons. The summed E-state index contributed by atoms with van der Waals surface area (Å²) in [4.78, 5) is 49.1. The fourth-order valence-corrected chi connectivity index (χ4v) is 3.38. The summed E-state index contributed by atoms with van der Waals surface area (Å²) in [5.74, 6) is -3.33. The number of methoxy groups -OCH3 is 2. The largest absolute Gasteiger partial charge is 0.507 e. The number of ether oxygens (including phenoxy) is 2. The van der Waals surface area contributed by atoms with Crippen LogP contribution in [0, 0.1) is 0 Å². The highest BCUT2D eigenvalue weighted by atomic mass is 16.5. The zero-order valence-corrected chi connectivity index (χ0v) is 18.1. The predicted molar refractivity (Wildman–Crippen MR) is 117 cm³/mol. The number of anilines is 1. The minimum atomic E-state index is -1.09. The van der Waals surface area contributed by atoms with Gasteiger partial charge in [-0.3, -0.25) is 14.4 Å². The zero-order chi connectivity index (χ0) is 24.3. The van der Waals surface area contributed by atoms with E-state index in [4.69, 9.17) is 14.6 Å². The number of rotatable bonds is 7. The summed E-state index contributed by atoms with van der Waals surface area (Å²) in [5, 5.41) is 21.7. The zero-order valence-electron chi connectivity index (χ0n) is 18.1. The van der Waals surface area contributed by atoms with Crippen molar-refractivity contribution in [2.45, 2.75) is 13.3 Å². The maximum atomic E-state index is 12.8. The molecule has 0 atom stereocenters. The summed E-state index contributed by atoms with van der Waals surface area (Å²) in [6, 6.07) is 9.79. The van der Waals surface area contributed by atoms with Crippen LogP contribution in [0.4, 0.5) is 5.69 Å². The number of carbonyl (C=O) groups excluding carboxylic acids is 3. The Labute approximate surface area is 188 Å². The summed E-state index contributed by atoms with van der Waals surface area (Å²) in [7, 11) is 2.54. The minimum Gasteiger partial charge on any atom is -0.507 e. The van der Waals surface area contributed by atoms with Crippen molar-refractivity contribution in [1.82, 2.24) is 0 Å². The van der Waals surface area contributed by atoms with E-state index in [1.807, 2.05) is 0 Å². The number of ketones is 2. The van der Waals surface area contributed by atoms with Gasteiger partial charge in [-0.1, -0.05) is 6.07 Å². The number of Topliss-reactive ketones (excluding diaryl/α,β-unsaturated/α-hetero) is 2. The summed E-state index contributed by atoms with van der Waals surface area (Å²) in [6.07, 6.45) is 0.0220. The van der Waals surface area contributed by atoms with Crippen LogP contribution in [0.15, 0.2) is 65.1 Å². The van der Waals surface area contributed by atoms with E-state index in [0.29, 0.717) is 11.3 Å². The Hall–Kier alpha value is -4.40. The molecule has 0 aromatic heterocycles. The molecular weight excluding hydrogens is 430 g/mol. The van der Waals surface area contributed by atoms with Crippen LogP contribution < -0.4 is 5.32 Å². The Kier molecular flexibility index (Phi) is 6.62. The first-order chi connectivity index (χ1) is 15.7. The average molecular weight is 451 g/mol. The highest BCUT2D eigenvalue weighted by Gasteiger charge is 2.34. The first-order valence-electron chi connectivity index (χ1n) is 9.75. The standard InChI is InChI=1S/C24H21NO8/c1-12-16(20(28)22(33-3)21(32-2)19(12)27)10-13-4-9-18(26)17(11-13)23(29)25-15-7-5-14(6-8-15)24(30)31/h4-9,11,26H,10H2,1-3H3,(H,25,29)(H,30,31). The third-order valence-electron chi connectivity index (χ3n) is 5.17. The van der Waals surface area contributed by atoms with E-state index in [1.54, 1.807) is 0 Å². The van der Waals surface area contributed by atoms with Crippen molar-refractivity contribution in [2.75, 3.05) is 19.5 Å². The molecule has 2 aromatic rings. The summed E-state index contributed by atoms with van der Waals surface area (Å²) >= 11 is 0. The van der Waals surface area contributed by atoms with Crippen LogP contribution in [0.3, 0.4) is 0 Å². The predicted octanol–water partition coefficient (Wildman–Crippen LogP) is 2.86. The second-order valence-corrected chi connectivity index (χ2v) is 7.19. The number of allylic oxidation sites excluding steroid dienone is 2. The van der Waals surface area contributed by atoms with Gasteiger partial charge in [-0.15, -0.1) is 0 Å². The van der Waals surface area contributed by atoms with Crippen LogP contribution in [-0.4, -0.2) is 47.9 Å². The molecule has 33 heavy (non-hydrogen) atoms. The Morgan fingerprint density at radius 2 is 1.55 bits per heavy atom. The van der Waals surface area contributed by atoms with Gasteiger partial charge in [-0.05, 0) is 48.9 Å². The monoisotopic (exact) mass is 451 g/mol. The van der Waals surface area contributed by atoms with Crippen molar-refractivity contribution in [3.63, 3.8) is 0 Å². The number of hydrogen-bond donors (Lipinski definition) is 3. The summed E-state index contributed by atoms with van der Waals surface area (Å²) in [5.41, 5.74) is 1.25. The quantitative estimate of drug-likeness (QED) is 0.546. The molecule has 0 saturated heterocycles. The molecule has 1 aliphatic rings. The lowest BCUT2D eigenvalue weighted by molar-refractivity contribution is -0.121. The van der Waals surface area contributed by atoms with E-state index < -0.39 is 23.4 Å². The molecule has 9 heteroatoms. The molecule has 0 bridgehead atoms. The van der Waals surface area contributed by atoms with Gasteiger partial charge < -0.3 is 25.0 Å². The van der Waals surface area contributed by atoms with Gasteiger partial charge in [0.2, 0.25) is 23.1 Å². The van der Waals surface area contributed by atoms with Gasteiger partial charge >= 0.3 is 5.97 Å². The molecule has 2 aromatic carbocycles. The highest BCUT2D eigenvalue weighted by Crippen LogP contribution is 2.29. The molecule has 9 nitrogen and oxygen atoms in total. The Balaban J connectivity index is 1.86. The molecular formula is C24H21NO8. The molecule has 170 valence electrons. The van der Waals surface area contributed by atoms with E-state index in [9.17, 15) is 24.3 Å². The fourth-order valence-electron chi connectivity index (χ4n) is 3.38. The molecule has 3 N–H and O–H groups in total. The number of amides is 1. The summed E-state index contributed by atoms with van der Waals surface area (Å²) < 4.78 is 10.1. The van der Waals surface area contributed by atoms with Crippen molar-refractivity contribution in [3.8, 4) is 5.75 Å². The van der Waals surface area contributed by atoms with Crippen LogP contribution in [0.25, 0.3) is 0 Å². The third-order valence-corrected chi connectivity index (χ3v) is 5.17. The van der Waals surface area contributed by atoms with Crippen LogP contribution in [0.2, 0.25) is 0 Å². The van der Waals surface area contributed by atoms with Gasteiger partial charge in [0.05, 0.1) is 25.3 Å². The molecule has 0 aliphatic heterocycles. The Morgan fingerprint density at radius 3 is 2.12 bits per heavy atom. The van der Waals surface area contributed by atoms with E-state index in [-0.39, 0.29) is 46.0 Å². The lowest BCUT2D eigenvalue weighted by atomic mass is 9.88. The first-order valence-corrected chi connectivity index (χ1v) is 9.75. The second kappa shape index (κ2) is 9.39. The molecule has 0 spiro atoms. The number of carbonyl (C=O) groups is 4. The minimum absolute atomic E-state index is 0.0220. The second-order valence-electron chi connectivity index (χ2n) is 7.19. The lowest BCUT2D eigenvalue weighted by Gasteiger charge is -2.20. The van der Waals surface area contributed by atoms with E-state index in [2.05, 4.69) is 5.32 Å². The summed E-state index contributed by atoms with van der Waals surface area (Å²) in [6.45, 7) is 1.51. The average Bonchev–Trinajstić information content (AvgIpc) is 2.80. The van der Waals surface area contributed by atoms with Crippen molar-refractivity contribution in [1.29, 1.82) is 0 Å². The molecule has 0 unspecified atom stereocenters. The molecule has 3 rings (SSSR count). The fraction of sp³-hybridized carbons (Fsp3) is 0.167. The van der Waals surface area contributed by atoms with E-state index >= 15 is 0 Å². The normalized spacial score (nSPS) is 13.8. The van der Waals surface area contributed by atoms with E-state index in [1.165, 1.54) is 63.6 Å². The first kappa shape index (κ1) is 23.3. The van der Waals surface area contributed by atoms with Crippen molar-refractivity contribution >= 4 is 29.1 Å². The topological polar surface area (TPSA) is 139 Å². The van der Waals surface area contributed by atoms with Gasteiger partial charge in [-0.2, -0.15) is 0 Å². The number of benzene rings is 2. The van der Waals surface area contributed by atoms with Gasteiger partial charge in [0, 0.05) is 23.3 Å². The number of carboxylic acid groups (broad SMARTS) is 1. The SMILES string of the molecule is COC1=C(OC)C(=O)C(Cc2ccc(O)c(C(=O)Nc3ccc(C(=O)O)cc3)c2)=C(C)C1=O. The Bertz CT molecular complexity index is 1220. The molecule has 0 heterocycles. The maximum Gasteiger partial charge on any atom is 0.335 e. The van der Waals surface area contributed by atoms with Crippen LogP contribution >= 0.6 is 0 Å². The third kappa shape index (κ3) is 4.62. The Morgan fingerprint density at radius 1 is 0.939 bits per heavy atom. The number of aromatic carboxylic acids is 1. The maximum absolute atomic E-state index is 12.8. The number of phenols is 1. The van der Waals surface area contributed by atoms with E-state index in [0.717, 1.165) is 0 Å². The van der Waals surface area contributed by atoms with Gasteiger partial charge in [0.1, 0.15) is 5.75 Å². The number of hydrogen-bond acceptors (Lipinski definition) is 7. The molecule has 1 aliphatic carbocycles. The van der Waals surface area contributed by atoms with Crippen molar-refractivity contribution < 1.29 is 38.9 Å². The number of carboxylic acids is 1. The van der Waals surface area contributed by atoms with Gasteiger partial charge in [0.25, 0.3) is 5.91 Å². The molecule has 0 saturated carbocycles. The van der Waals surface area contributed by atoms with Crippen LogP contribution in [0.1, 0.15) is 33.2 Å².